The first-order valence-corrected chi connectivity index (χ1v) is 9.86. The number of rotatable bonds is 4. The maximum absolute atomic E-state index is 13.2. The lowest BCUT2D eigenvalue weighted by Gasteiger charge is -2.21. The van der Waals surface area contributed by atoms with Gasteiger partial charge in [-0.1, -0.05) is 36.9 Å². The third-order valence-electron chi connectivity index (χ3n) is 4.60. The quantitative estimate of drug-likeness (QED) is 0.632. The second kappa shape index (κ2) is 7.48. The number of nitrogens with zero attached hydrogens (tertiary/aromatic N) is 2. The summed E-state index contributed by atoms with van der Waals surface area (Å²) in [7, 11) is 1.63. The Morgan fingerprint density at radius 1 is 1.26 bits per heavy atom. The Kier molecular flexibility index (Phi) is 4.90. The molecule has 1 aromatic heterocycles. The van der Waals surface area contributed by atoms with Gasteiger partial charge >= 0.3 is 0 Å². The highest BCUT2D eigenvalue weighted by Gasteiger charge is 2.36. The zero-order chi connectivity index (χ0) is 18.8. The molecule has 2 heterocycles. The normalized spacial score (nSPS) is 18.4. The number of amidine groups is 1. The third-order valence-corrected chi connectivity index (χ3v) is 5.70. The van der Waals surface area contributed by atoms with Gasteiger partial charge in [0.05, 0.1) is 12.8 Å². The monoisotopic (exact) mass is 380 g/mol. The van der Waals surface area contributed by atoms with Gasteiger partial charge in [0.15, 0.2) is 10.9 Å². The van der Waals surface area contributed by atoms with Crippen LogP contribution in [0.4, 0.5) is 5.69 Å². The van der Waals surface area contributed by atoms with Crippen LogP contribution in [0.1, 0.15) is 23.9 Å². The van der Waals surface area contributed by atoms with E-state index in [1.54, 1.807) is 29.8 Å². The van der Waals surface area contributed by atoms with E-state index in [-0.39, 0.29) is 11.9 Å². The standard InChI is InChI=1S/C21H20N2O3S/c1-3-16-13-27-21(22-15-8-10-17(25-2)11-9-15)23(16)20(24)19-12-14-6-4-5-7-18(14)26-19/h4-12,16H,3,13H2,1-2H3/t16-/m0/s1. The fourth-order valence-electron chi connectivity index (χ4n) is 3.08. The first-order valence-electron chi connectivity index (χ1n) is 8.87. The van der Waals surface area contributed by atoms with Crippen LogP contribution in [-0.2, 0) is 0 Å². The molecule has 1 aliphatic rings. The van der Waals surface area contributed by atoms with Crippen LogP contribution in [0.3, 0.4) is 0 Å². The summed E-state index contributed by atoms with van der Waals surface area (Å²) in [5.41, 5.74) is 1.51. The van der Waals surface area contributed by atoms with Crippen molar-refractivity contribution < 1.29 is 13.9 Å². The molecule has 1 fully saturated rings. The van der Waals surface area contributed by atoms with Crippen molar-refractivity contribution in [1.82, 2.24) is 4.90 Å². The molecule has 0 saturated carbocycles. The highest BCUT2D eigenvalue weighted by molar-refractivity contribution is 8.14. The van der Waals surface area contributed by atoms with Gasteiger partial charge < -0.3 is 9.15 Å². The van der Waals surface area contributed by atoms with E-state index in [4.69, 9.17) is 14.1 Å². The Bertz CT molecular complexity index is 961. The number of fused-ring (bicyclic) bond motifs is 1. The summed E-state index contributed by atoms with van der Waals surface area (Å²) < 4.78 is 11.0. The maximum Gasteiger partial charge on any atom is 0.295 e. The molecule has 1 saturated heterocycles. The van der Waals surface area contributed by atoms with Crippen molar-refractivity contribution in [1.29, 1.82) is 0 Å². The van der Waals surface area contributed by atoms with Gasteiger partial charge in [-0.25, -0.2) is 4.99 Å². The number of benzene rings is 2. The lowest BCUT2D eigenvalue weighted by Crippen LogP contribution is -2.38. The van der Waals surface area contributed by atoms with Crippen LogP contribution in [0.5, 0.6) is 5.75 Å². The summed E-state index contributed by atoms with van der Waals surface area (Å²) in [4.78, 5) is 19.7. The molecule has 6 heteroatoms. The predicted octanol–water partition coefficient (Wildman–Crippen LogP) is 5.10. The van der Waals surface area contributed by atoms with Gasteiger partial charge in [-0.2, -0.15) is 0 Å². The minimum absolute atomic E-state index is 0.104. The molecular formula is C21H20N2O3S. The number of amides is 1. The Balaban J connectivity index is 1.67. The molecule has 2 aromatic carbocycles. The first kappa shape index (κ1) is 17.7. The van der Waals surface area contributed by atoms with Crippen LogP contribution >= 0.6 is 11.8 Å². The summed E-state index contributed by atoms with van der Waals surface area (Å²) in [5, 5.41) is 1.63. The minimum atomic E-state index is -0.143. The summed E-state index contributed by atoms with van der Waals surface area (Å²) >= 11 is 1.60. The van der Waals surface area contributed by atoms with Gasteiger partial charge in [0.1, 0.15) is 11.3 Å². The minimum Gasteiger partial charge on any atom is -0.497 e. The summed E-state index contributed by atoms with van der Waals surface area (Å²) in [6.07, 6.45) is 0.862. The number of carbonyl (C=O) groups excluding carboxylic acids is 1. The second-order valence-electron chi connectivity index (χ2n) is 6.29. The number of aliphatic imine (C=N–C) groups is 1. The Morgan fingerprint density at radius 2 is 2.04 bits per heavy atom. The lowest BCUT2D eigenvalue weighted by atomic mass is 10.2. The highest BCUT2D eigenvalue weighted by atomic mass is 32.2. The number of thioether (sulfide) groups is 1. The molecule has 138 valence electrons. The molecular weight excluding hydrogens is 360 g/mol. The number of hydrogen-bond donors (Lipinski definition) is 0. The van der Waals surface area contributed by atoms with E-state index < -0.39 is 0 Å². The zero-order valence-electron chi connectivity index (χ0n) is 15.2. The average Bonchev–Trinajstić information content (AvgIpc) is 3.32. The molecule has 1 aliphatic heterocycles. The van der Waals surface area contributed by atoms with Crippen molar-refractivity contribution in [2.24, 2.45) is 4.99 Å². The van der Waals surface area contributed by atoms with Crippen LogP contribution in [-0.4, -0.2) is 34.9 Å². The SMILES string of the molecule is CC[C@H]1CSC(=Nc2ccc(OC)cc2)N1C(=O)c1cc2ccccc2o1. The van der Waals surface area contributed by atoms with Gasteiger partial charge in [-0.05, 0) is 42.8 Å². The summed E-state index contributed by atoms with van der Waals surface area (Å²) in [6.45, 7) is 2.08. The largest absolute Gasteiger partial charge is 0.497 e. The number of furan rings is 1. The fraction of sp³-hybridized carbons (Fsp3) is 0.238. The second-order valence-corrected chi connectivity index (χ2v) is 7.28. The molecule has 5 nitrogen and oxygen atoms in total. The summed E-state index contributed by atoms with van der Waals surface area (Å²) in [6, 6.07) is 17.0. The molecule has 0 unspecified atom stereocenters. The first-order chi connectivity index (χ1) is 13.2. The van der Waals surface area contributed by atoms with Gasteiger partial charge in [0, 0.05) is 17.2 Å². The lowest BCUT2D eigenvalue weighted by molar-refractivity contribution is 0.0791. The van der Waals surface area contributed by atoms with Crippen LogP contribution in [0, 0.1) is 0 Å². The number of para-hydroxylation sites is 1. The maximum atomic E-state index is 13.2. The van der Waals surface area contributed by atoms with Crippen molar-refractivity contribution in [2.75, 3.05) is 12.9 Å². The molecule has 1 amide bonds. The van der Waals surface area contributed by atoms with Gasteiger partial charge in [0.25, 0.3) is 5.91 Å². The fourth-order valence-corrected chi connectivity index (χ4v) is 4.35. The Hall–Kier alpha value is -2.73. The van der Waals surface area contributed by atoms with Crippen LogP contribution in [0.25, 0.3) is 11.0 Å². The van der Waals surface area contributed by atoms with Gasteiger partial charge in [-0.3, -0.25) is 9.69 Å². The smallest absolute Gasteiger partial charge is 0.295 e. The van der Waals surface area contributed by atoms with Crippen LogP contribution in [0.2, 0.25) is 0 Å². The van der Waals surface area contributed by atoms with Crippen molar-refractivity contribution in [2.45, 2.75) is 19.4 Å². The van der Waals surface area contributed by atoms with E-state index in [2.05, 4.69) is 6.92 Å². The molecule has 0 spiro atoms. The van der Waals surface area contributed by atoms with Gasteiger partial charge in [0.2, 0.25) is 0 Å². The molecule has 4 rings (SSSR count). The topological polar surface area (TPSA) is 55.0 Å². The Labute approximate surface area is 162 Å². The van der Waals surface area contributed by atoms with Crippen molar-refractivity contribution in [3.63, 3.8) is 0 Å². The molecule has 27 heavy (non-hydrogen) atoms. The number of ether oxygens (including phenoxy) is 1. The molecule has 1 atom stereocenters. The van der Waals surface area contributed by atoms with E-state index in [9.17, 15) is 4.79 Å². The Morgan fingerprint density at radius 3 is 2.74 bits per heavy atom. The van der Waals surface area contributed by atoms with E-state index in [0.29, 0.717) is 10.9 Å². The van der Waals surface area contributed by atoms with E-state index in [1.807, 2.05) is 48.5 Å². The van der Waals surface area contributed by atoms with Gasteiger partial charge in [-0.15, -0.1) is 0 Å². The van der Waals surface area contributed by atoms with Crippen molar-refractivity contribution >= 4 is 39.5 Å². The molecule has 0 N–H and O–H groups in total. The van der Waals surface area contributed by atoms with Crippen molar-refractivity contribution in [3.8, 4) is 5.75 Å². The van der Waals surface area contributed by atoms with Crippen molar-refractivity contribution in [3.05, 3.63) is 60.4 Å². The molecule has 0 radical (unpaired) electrons. The van der Waals surface area contributed by atoms with Crippen LogP contribution < -0.4 is 4.74 Å². The van der Waals surface area contributed by atoms with E-state index in [0.717, 1.165) is 34.6 Å². The number of methoxy groups -OCH3 is 1. The van der Waals surface area contributed by atoms with E-state index in [1.165, 1.54) is 0 Å². The molecule has 3 aromatic rings. The zero-order valence-corrected chi connectivity index (χ0v) is 16.0. The molecule has 0 aliphatic carbocycles. The average molecular weight is 380 g/mol. The number of hydrogen-bond acceptors (Lipinski definition) is 5. The highest BCUT2D eigenvalue weighted by Crippen LogP contribution is 2.32. The van der Waals surface area contributed by atoms with Crippen LogP contribution in [0.15, 0.2) is 64.0 Å². The predicted molar refractivity (Wildman–Crippen MR) is 109 cm³/mol. The van der Waals surface area contributed by atoms with E-state index >= 15 is 0 Å². The third kappa shape index (κ3) is 3.45. The molecule has 0 bridgehead atoms. The summed E-state index contributed by atoms with van der Waals surface area (Å²) in [5.74, 6) is 1.81. The number of carbonyl (C=O) groups is 1.